The topological polar surface area (TPSA) is 101 Å². The van der Waals surface area contributed by atoms with E-state index < -0.39 is 22.8 Å². The average Bonchev–Trinajstić information content (AvgIpc) is 2.87. The van der Waals surface area contributed by atoms with Crippen LogP contribution in [0.25, 0.3) is 0 Å². The first-order valence-electron chi connectivity index (χ1n) is 5.89. The lowest BCUT2D eigenvalue weighted by molar-refractivity contribution is -0.385. The molecular weight excluding hydrogens is 332 g/mol. The van der Waals surface area contributed by atoms with Gasteiger partial charge in [-0.05, 0) is 40.9 Å². The molecule has 0 aromatic heterocycles. The van der Waals surface area contributed by atoms with Gasteiger partial charge in [-0.15, -0.1) is 0 Å². The highest BCUT2D eigenvalue weighted by atomic mass is 79.9. The van der Waals surface area contributed by atoms with E-state index in [0.717, 1.165) is 6.07 Å². The van der Waals surface area contributed by atoms with Crippen molar-refractivity contribution >= 4 is 33.5 Å². The average molecular weight is 343 g/mol. The Morgan fingerprint density at radius 3 is 2.75 bits per heavy atom. The summed E-state index contributed by atoms with van der Waals surface area (Å²) in [6, 6.07) is 3.16. The second kappa shape index (κ2) is 5.58. The number of carbonyl (C=O) groups excluding carboxylic acids is 1. The number of nitro benzene ring substituents is 1. The van der Waals surface area contributed by atoms with Crippen LogP contribution in [0.3, 0.4) is 0 Å². The zero-order chi connectivity index (χ0) is 14.9. The third-order valence-corrected chi connectivity index (χ3v) is 3.86. The Hall–Kier alpha value is -1.96. The van der Waals surface area contributed by atoms with Gasteiger partial charge in [-0.25, -0.2) is 4.79 Å². The first-order valence-corrected chi connectivity index (χ1v) is 6.69. The van der Waals surface area contributed by atoms with Gasteiger partial charge in [-0.2, -0.15) is 0 Å². The van der Waals surface area contributed by atoms with E-state index in [4.69, 9.17) is 5.11 Å². The number of halogens is 1. The number of carbonyl (C=O) groups is 2. The van der Waals surface area contributed by atoms with Crippen molar-refractivity contribution in [3.63, 3.8) is 0 Å². The van der Waals surface area contributed by atoms with E-state index in [9.17, 15) is 19.7 Å². The lowest BCUT2D eigenvalue weighted by Gasteiger charge is -2.21. The first-order chi connectivity index (χ1) is 9.41. The Morgan fingerprint density at radius 1 is 1.45 bits per heavy atom. The SMILES string of the molecule is O=C(O)C1CCCN1C(=O)c1ccc(Br)c([N+](=O)[O-])c1. The molecule has 1 N–H and O–H groups in total. The molecule has 2 rings (SSSR count). The molecule has 7 nitrogen and oxygen atoms in total. The molecule has 106 valence electrons. The van der Waals surface area contributed by atoms with Crippen molar-refractivity contribution < 1.29 is 19.6 Å². The maximum Gasteiger partial charge on any atom is 0.326 e. The molecule has 20 heavy (non-hydrogen) atoms. The summed E-state index contributed by atoms with van der Waals surface area (Å²) in [7, 11) is 0. The number of hydrogen-bond acceptors (Lipinski definition) is 4. The van der Waals surface area contributed by atoms with Crippen LogP contribution in [-0.4, -0.2) is 39.4 Å². The Kier molecular flexibility index (Phi) is 4.03. The highest BCUT2D eigenvalue weighted by Crippen LogP contribution is 2.27. The van der Waals surface area contributed by atoms with Crippen LogP contribution >= 0.6 is 15.9 Å². The van der Waals surface area contributed by atoms with E-state index in [0.29, 0.717) is 19.4 Å². The minimum absolute atomic E-state index is 0.119. The van der Waals surface area contributed by atoms with Gasteiger partial charge in [0.1, 0.15) is 6.04 Å². The van der Waals surface area contributed by atoms with Gasteiger partial charge in [-0.1, -0.05) is 0 Å². The molecule has 0 aliphatic carbocycles. The van der Waals surface area contributed by atoms with E-state index in [2.05, 4.69) is 15.9 Å². The number of amides is 1. The maximum absolute atomic E-state index is 12.3. The molecule has 8 heteroatoms. The van der Waals surface area contributed by atoms with Crippen LogP contribution in [0.2, 0.25) is 0 Å². The second-order valence-electron chi connectivity index (χ2n) is 4.42. The maximum atomic E-state index is 12.3. The highest BCUT2D eigenvalue weighted by Gasteiger charge is 2.34. The number of carboxylic acid groups (broad SMARTS) is 1. The van der Waals surface area contributed by atoms with Crippen LogP contribution in [0.1, 0.15) is 23.2 Å². The summed E-state index contributed by atoms with van der Waals surface area (Å²) < 4.78 is 0.273. The van der Waals surface area contributed by atoms with Crippen LogP contribution < -0.4 is 0 Å². The summed E-state index contributed by atoms with van der Waals surface area (Å²) in [5, 5.41) is 19.9. The molecule has 1 aromatic rings. The summed E-state index contributed by atoms with van der Waals surface area (Å²) in [4.78, 5) is 34.8. The van der Waals surface area contributed by atoms with Crippen molar-refractivity contribution in [1.29, 1.82) is 0 Å². The van der Waals surface area contributed by atoms with Gasteiger partial charge >= 0.3 is 5.97 Å². The molecule has 1 aliphatic heterocycles. The van der Waals surface area contributed by atoms with Crippen LogP contribution in [0.4, 0.5) is 5.69 Å². The number of aliphatic carboxylic acids is 1. The number of nitro groups is 1. The lowest BCUT2D eigenvalue weighted by atomic mass is 10.1. The summed E-state index contributed by atoms with van der Waals surface area (Å²) in [5.41, 5.74) is -0.102. The largest absolute Gasteiger partial charge is 0.480 e. The Bertz CT molecular complexity index is 589. The van der Waals surface area contributed by atoms with Gasteiger partial charge in [-0.3, -0.25) is 14.9 Å². The molecule has 0 bridgehead atoms. The number of likely N-dealkylation sites (tertiary alicyclic amines) is 1. The third-order valence-electron chi connectivity index (χ3n) is 3.19. The fraction of sp³-hybridized carbons (Fsp3) is 0.333. The number of nitrogens with zero attached hydrogens (tertiary/aromatic N) is 2. The Morgan fingerprint density at radius 2 is 2.15 bits per heavy atom. The number of hydrogen-bond donors (Lipinski definition) is 1. The minimum Gasteiger partial charge on any atom is -0.480 e. The zero-order valence-corrected chi connectivity index (χ0v) is 11.9. The van der Waals surface area contributed by atoms with Crippen LogP contribution in [-0.2, 0) is 4.79 Å². The van der Waals surface area contributed by atoms with Crippen LogP contribution in [0.5, 0.6) is 0 Å². The van der Waals surface area contributed by atoms with Crippen molar-refractivity contribution in [2.45, 2.75) is 18.9 Å². The molecular formula is C12H11BrN2O5. The third kappa shape index (κ3) is 2.64. The molecule has 1 atom stereocenters. The molecule has 0 radical (unpaired) electrons. The number of carboxylic acids is 1. The first kappa shape index (κ1) is 14.4. The molecule has 1 aromatic carbocycles. The van der Waals surface area contributed by atoms with Crippen molar-refractivity contribution in [3.05, 3.63) is 38.3 Å². The van der Waals surface area contributed by atoms with Gasteiger partial charge in [0, 0.05) is 18.2 Å². The molecule has 1 heterocycles. The zero-order valence-electron chi connectivity index (χ0n) is 10.3. The standard InChI is InChI=1S/C12H11BrN2O5/c13-8-4-3-7(6-10(8)15(19)20)11(16)14-5-1-2-9(14)12(17)18/h3-4,6,9H,1-2,5H2,(H,17,18). The van der Waals surface area contributed by atoms with E-state index in [-0.39, 0.29) is 15.7 Å². The minimum atomic E-state index is -1.05. The monoisotopic (exact) mass is 342 g/mol. The predicted octanol–water partition coefficient (Wildman–Crippen LogP) is 2.05. The number of benzene rings is 1. The van der Waals surface area contributed by atoms with Gasteiger partial charge in [0.15, 0.2) is 0 Å². The van der Waals surface area contributed by atoms with Crippen molar-refractivity contribution in [2.24, 2.45) is 0 Å². The Labute approximate surface area is 122 Å². The fourth-order valence-electron chi connectivity index (χ4n) is 2.22. The lowest BCUT2D eigenvalue weighted by Crippen LogP contribution is -2.40. The highest BCUT2D eigenvalue weighted by molar-refractivity contribution is 9.10. The van der Waals surface area contributed by atoms with E-state index in [1.165, 1.54) is 17.0 Å². The van der Waals surface area contributed by atoms with Crippen LogP contribution in [0, 0.1) is 10.1 Å². The predicted molar refractivity (Wildman–Crippen MR) is 72.5 cm³/mol. The number of rotatable bonds is 3. The van der Waals surface area contributed by atoms with Gasteiger partial charge in [0.25, 0.3) is 11.6 Å². The molecule has 1 unspecified atom stereocenters. The fourth-order valence-corrected chi connectivity index (χ4v) is 2.61. The molecule has 0 spiro atoms. The molecule has 1 amide bonds. The summed E-state index contributed by atoms with van der Waals surface area (Å²) in [6.07, 6.45) is 1.01. The summed E-state index contributed by atoms with van der Waals surface area (Å²) >= 11 is 3.04. The normalized spacial score (nSPS) is 18.1. The second-order valence-corrected chi connectivity index (χ2v) is 5.27. The smallest absolute Gasteiger partial charge is 0.326 e. The van der Waals surface area contributed by atoms with Gasteiger partial charge in [0.2, 0.25) is 0 Å². The van der Waals surface area contributed by atoms with Crippen molar-refractivity contribution in [3.8, 4) is 0 Å². The van der Waals surface area contributed by atoms with E-state index >= 15 is 0 Å². The van der Waals surface area contributed by atoms with Gasteiger partial charge in [0.05, 0.1) is 9.40 Å². The molecule has 1 aliphatic rings. The van der Waals surface area contributed by atoms with Crippen LogP contribution in [0.15, 0.2) is 22.7 Å². The quantitative estimate of drug-likeness (QED) is 0.669. The van der Waals surface area contributed by atoms with Crippen molar-refractivity contribution in [1.82, 2.24) is 4.90 Å². The van der Waals surface area contributed by atoms with E-state index in [1.807, 2.05) is 0 Å². The Balaban J connectivity index is 2.32. The van der Waals surface area contributed by atoms with Gasteiger partial charge < -0.3 is 10.0 Å². The van der Waals surface area contributed by atoms with E-state index in [1.54, 1.807) is 0 Å². The summed E-state index contributed by atoms with van der Waals surface area (Å²) in [6.45, 7) is 0.347. The molecule has 1 fully saturated rings. The van der Waals surface area contributed by atoms with Crippen molar-refractivity contribution in [2.75, 3.05) is 6.54 Å². The summed E-state index contributed by atoms with van der Waals surface area (Å²) in [5.74, 6) is -1.55. The molecule has 1 saturated heterocycles. The molecule has 0 saturated carbocycles.